The molecule has 0 aliphatic heterocycles. The third-order valence-electron chi connectivity index (χ3n) is 6.54. The van der Waals surface area contributed by atoms with E-state index in [0.717, 1.165) is 12.0 Å². The quantitative estimate of drug-likeness (QED) is 0.493. The zero-order valence-corrected chi connectivity index (χ0v) is 19.0. The van der Waals surface area contributed by atoms with Crippen molar-refractivity contribution in [3.05, 3.63) is 78.1 Å². The van der Waals surface area contributed by atoms with Gasteiger partial charge in [-0.3, -0.25) is 14.6 Å². The highest BCUT2D eigenvalue weighted by atomic mass is 19.1. The van der Waals surface area contributed by atoms with Crippen LogP contribution in [0.1, 0.15) is 36.2 Å². The fraction of sp³-hybridized carbons (Fsp3) is 0.240. The molecule has 3 aromatic heterocycles. The fourth-order valence-electron chi connectivity index (χ4n) is 4.29. The third kappa shape index (κ3) is 3.59. The second-order valence-electron chi connectivity index (χ2n) is 8.66. The van der Waals surface area contributed by atoms with E-state index in [4.69, 9.17) is 0 Å². The monoisotopic (exact) mass is 458 g/mol. The highest BCUT2D eigenvalue weighted by molar-refractivity contribution is 6.06. The Morgan fingerprint density at radius 2 is 1.91 bits per heavy atom. The standard InChI is InChI=1S/C25H23FN6O2/c1-15-11-25(15,17-8-9-28-23(10-17)31(3)16(2)33)30-24(34)21-12-27-14-22-20(21)13-29-32(22)19-6-4-18(26)5-7-19/h4-10,12-15H,11H2,1-3H3,(H,30,34). The molecule has 2 atom stereocenters. The van der Waals surface area contributed by atoms with Crippen LogP contribution in [-0.2, 0) is 10.3 Å². The molecule has 8 nitrogen and oxygen atoms in total. The summed E-state index contributed by atoms with van der Waals surface area (Å²) in [4.78, 5) is 35.2. The second kappa shape index (κ2) is 8.02. The van der Waals surface area contributed by atoms with Crippen molar-refractivity contribution in [1.82, 2.24) is 25.1 Å². The Hall–Kier alpha value is -4.14. The molecular formula is C25H23FN6O2. The molecule has 5 rings (SSSR count). The molecule has 1 aliphatic rings. The molecule has 0 bridgehead atoms. The van der Waals surface area contributed by atoms with E-state index >= 15 is 0 Å². The van der Waals surface area contributed by atoms with E-state index in [1.165, 1.54) is 30.2 Å². The van der Waals surface area contributed by atoms with Crippen molar-refractivity contribution >= 4 is 28.5 Å². The summed E-state index contributed by atoms with van der Waals surface area (Å²) in [7, 11) is 1.67. The van der Waals surface area contributed by atoms with Crippen LogP contribution in [0.3, 0.4) is 0 Å². The van der Waals surface area contributed by atoms with Crippen LogP contribution in [0.25, 0.3) is 16.6 Å². The number of hydrogen-bond donors (Lipinski definition) is 1. The first-order chi connectivity index (χ1) is 16.3. The van der Waals surface area contributed by atoms with Crippen LogP contribution >= 0.6 is 0 Å². The zero-order valence-electron chi connectivity index (χ0n) is 19.0. The maximum Gasteiger partial charge on any atom is 0.254 e. The Morgan fingerprint density at radius 1 is 1.18 bits per heavy atom. The minimum absolute atomic E-state index is 0.123. The molecule has 1 aliphatic carbocycles. The van der Waals surface area contributed by atoms with Gasteiger partial charge in [0.1, 0.15) is 11.6 Å². The van der Waals surface area contributed by atoms with Crippen molar-refractivity contribution in [2.24, 2.45) is 5.92 Å². The van der Waals surface area contributed by atoms with Crippen molar-refractivity contribution in [2.75, 3.05) is 11.9 Å². The largest absolute Gasteiger partial charge is 0.342 e. The summed E-state index contributed by atoms with van der Waals surface area (Å²) in [5, 5.41) is 8.24. The Balaban J connectivity index is 1.47. The Bertz CT molecular complexity index is 1420. The Labute approximate surface area is 195 Å². The first-order valence-corrected chi connectivity index (χ1v) is 10.9. The number of hydrogen-bond acceptors (Lipinski definition) is 5. The van der Waals surface area contributed by atoms with Gasteiger partial charge in [0.25, 0.3) is 5.91 Å². The van der Waals surface area contributed by atoms with E-state index in [2.05, 4.69) is 27.3 Å². The number of benzene rings is 1. The molecule has 2 amide bonds. The Morgan fingerprint density at radius 3 is 2.59 bits per heavy atom. The van der Waals surface area contributed by atoms with Gasteiger partial charge < -0.3 is 10.2 Å². The lowest BCUT2D eigenvalue weighted by Crippen LogP contribution is -2.37. The van der Waals surface area contributed by atoms with Crippen LogP contribution in [0.2, 0.25) is 0 Å². The first kappa shape index (κ1) is 21.7. The number of amides is 2. The number of pyridine rings is 2. The number of aromatic nitrogens is 4. The zero-order chi connectivity index (χ0) is 24.0. The van der Waals surface area contributed by atoms with Crippen LogP contribution in [0.4, 0.5) is 10.2 Å². The summed E-state index contributed by atoms with van der Waals surface area (Å²) in [5.74, 6) is 0.0170. The summed E-state index contributed by atoms with van der Waals surface area (Å²) < 4.78 is 15.0. The number of carbonyl (C=O) groups excluding carboxylic acids is 2. The predicted octanol–water partition coefficient (Wildman–Crippen LogP) is 3.60. The maximum absolute atomic E-state index is 13.4. The minimum atomic E-state index is -0.554. The molecule has 172 valence electrons. The van der Waals surface area contributed by atoms with Crippen LogP contribution in [0.5, 0.6) is 0 Å². The molecule has 0 saturated heterocycles. The molecule has 9 heteroatoms. The molecule has 1 N–H and O–H groups in total. The van der Waals surface area contributed by atoms with Crippen LogP contribution in [-0.4, -0.2) is 38.6 Å². The topological polar surface area (TPSA) is 93.0 Å². The second-order valence-corrected chi connectivity index (χ2v) is 8.66. The van der Waals surface area contributed by atoms with Gasteiger partial charge >= 0.3 is 0 Å². The number of rotatable bonds is 5. The average molecular weight is 458 g/mol. The summed E-state index contributed by atoms with van der Waals surface area (Å²) >= 11 is 0. The number of nitrogens with zero attached hydrogens (tertiary/aromatic N) is 5. The van der Waals surface area contributed by atoms with Gasteiger partial charge in [-0.2, -0.15) is 5.10 Å². The molecule has 0 spiro atoms. The highest BCUT2D eigenvalue weighted by Gasteiger charge is 2.54. The summed E-state index contributed by atoms with van der Waals surface area (Å²) in [5.41, 5.74) is 2.06. The Kier molecular flexibility index (Phi) is 5.11. The van der Waals surface area contributed by atoms with Gasteiger partial charge in [-0.1, -0.05) is 6.92 Å². The van der Waals surface area contributed by atoms with Gasteiger partial charge in [0.15, 0.2) is 0 Å². The average Bonchev–Trinajstić information content (AvgIpc) is 3.28. The van der Waals surface area contributed by atoms with E-state index in [1.807, 2.05) is 12.1 Å². The molecule has 2 unspecified atom stereocenters. The van der Waals surface area contributed by atoms with Gasteiger partial charge in [0, 0.05) is 31.8 Å². The van der Waals surface area contributed by atoms with E-state index in [0.29, 0.717) is 28.0 Å². The first-order valence-electron chi connectivity index (χ1n) is 10.9. The highest BCUT2D eigenvalue weighted by Crippen LogP contribution is 2.52. The lowest BCUT2D eigenvalue weighted by atomic mass is 10.0. The molecule has 3 heterocycles. The van der Waals surface area contributed by atoms with Crippen molar-refractivity contribution in [3.8, 4) is 5.69 Å². The van der Waals surface area contributed by atoms with Crippen LogP contribution < -0.4 is 10.2 Å². The number of carbonyl (C=O) groups is 2. The molecule has 34 heavy (non-hydrogen) atoms. The molecule has 4 aromatic rings. The fourth-order valence-corrected chi connectivity index (χ4v) is 4.29. The number of anilines is 1. The van der Waals surface area contributed by atoms with Crippen molar-refractivity contribution in [2.45, 2.75) is 25.8 Å². The van der Waals surface area contributed by atoms with Crippen molar-refractivity contribution in [3.63, 3.8) is 0 Å². The molecule has 0 radical (unpaired) electrons. The molecular weight excluding hydrogens is 435 g/mol. The van der Waals surface area contributed by atoms with E-state index in [1.54, 1.807) is 42.5 Å². The molecule has 1 aromatic carbocycles. The van der Waals surface area contributed by atoms with E-state index < -0.39 is 5.54 Å². The predicted molar refractivity (Wildman–Crippen MR) is 125 cm³/mol. The van der Waals surface area contributed by atoms with Gasteiger partial charge in [-0.25, -0.2) is 14.1 Å². The summed E-state index contributed by atoms with van der Waals surface area (Å²) in [6, 6.07) is 9.67. The lowest BCUT2D eigenvalue weighted by molar-refractivity contribution is -0.116. The smallest absolute Gasteiger partial charge is 0.254 e. The normalized spacial score (nSPS) is 19.1. The van der Waals surface area contributed by atoms with E-state index in [9.17, 15) is 14.0 Å². The summed E-state index contributed by atoms with van der Waals surface area (Å²) in [6.07, 6.45) is 7.19. The number of fused-ring (bicyclic) bond motifs is 1. The van der Waals surface area contributed by atoms with Gasteiger partial charge in [0.05, 0.1) is 34.7 Å². The van der Waals surface area contributed by atoms with Crippen molar-refractivity contribution in [1.29, 1.82) is 0 Å². The lowest BCUT2D eigenvalue weighted by Gasteiger charge is -2.22. The maximum atomic E-state index is 13.4. The number of halogens is 1. The van der Waals surface area contributed by atoms with Crippen LogP contribution in [0.15, 0.2) is 61.2 Å². The SMILES string of the molecule is CC(=O)N(C)c1cc(C2(NC(=O)c3cncc4c3cnn4-c3ccc(F)cc3)CC2C)ccn1. The number of nitrogens with one attached hydrogen (secondary N) is 1. The van der Waals surface area contributed by atoms with E-state index in [-0.39, 0.29) is 23.5 Å². The minimum Gasteiger partial charge on any atom is -0.342 e. The third-order valence-corrected chi connectivity index (χ3v) is 6.54. The molecule has 1 fully saturated rings. The van der Waals surface area contributed by atoms with Gasteiger partial charge in [-0.05, 0) is 54.3 Å². The van der Waals surface area contributed by atoms with Gasteiger partial charge in [0.2, 0.25) is 5.91 Å². The van der Waals surface area contributed by atoms with Crippen molar-refractivity contribution < 1.29 is 14.0 Å². The van der Waals surface area contributed by atoms with Gasteiger partial charge in [-0.15, -0.1) is 0 Å². The van der Waals surface area contributed by atoms with Crippen LogP contribution in [0, 0.1) is 11.7 Å². The molecule has 1 saturated carbocycles. The summed E-state index contributed by atoms with van der Waals surface area (Å²) in [6.45, 7) is 3.55.